The quantitative estimate of drug-likeness (QED) is 0.380. The fraction of sp³-hybridized carbons (Fsp3) is 0.0526. The number of hydrogen-bond acceptors (Lipinski definition) is 5. The first-order chi connectivity index (χ1) is 13.1. The molecule has 4 aromatic rings. The summed E-state index contributed by atoms with van der Waals surface area (Å²) >= 11 is 6.07. The predicted octanol–water partition coefficient (Wildman–Crippen LogP) is 4.63. The van der Waals surface area contributed by atoms with Gasteiger partial charge in [-0.2, -0.15) is 5.10 Å². The molecule has 2 aromatic heterocycles. The van der Waals surface area contributed by atoms with Gasteiger partial charge in [0.2, 0.25) is 0 Å². The van der Waals surface area contributed by atoms with Gasteiger partial charge in [0.25, 0.3) is 5.69 Å². The Morgan fingerprint density at radius 3 is 2.30 bits per heavy atom. The molecule has 0 radical (unpaired) electrons. The first-order valence-electron chi connectivity index (χ1n) is 8.01. The molecule has 0 aliphatic rings. The van der Waals surface area contributed by atoms with Crippen LogP contribution >= 0.6 is 11.6 Å². The van der Waals surface area contributed by atoms with Gasteiger partial charge in [-0.15, -0.1) is 0 Å². The molecule has 0 saturated carbocycles. The highest BCUT2D eigenvalue weighted by atomic mass is 35.5. The molecule has 0 bridgehead atoms. The van der Waals surface area contributed by atoms with E-state index in [1.807, 2.05) is 24.3 Å². The number of methoxy groups -OCH3 is 1. The monoisotopic (exact) mass is 380 g/mol. The Bertz CT molecular complexity index is 1140. The Hall–Kier alpha value is -3.45. The van der Waals surface area contributed by atoms with Gasteiger partial charge in [0.05, 0.1) is 17.7 Å². The van der Waals surface area contributed by atoms with Crippen molar-refractivity contribution in [2.45, 2.75) is 0 Å². The first kappa shape index (κ1) is 17.0. The summed E-state index contributed by atoms with van der Waals surface area (Å²) in [6, 6.07) is 17.2. The van der Waals surface area contributed by atoms with Crippen molar-refractivity contribution in [1.82, 2.24) is 14.6 Å². The minimum atomic E-state index is -0.433. The lowest BCUT2D eigenvalue weighted by Gasteiger charge is -2.06. The fourth-order valence-corrected chi connectivity index (χ4v) is 3.00. The fourth-order valence-electron chi connectivity index (χ4n) is 2.86. The van der Waals surface area contributed by atoms with E-state index in [1.165, 1.54) is 12.1 Å². The van der Waals surface area contributed by atoms with E-state index in [1.54, 1.807) is 35.9 Å². The number of non-ortho nitro benzene ring substituents is 1. The summed E-state index contributed by atoms with van der Waals surface area (Å²) in [6.45, 7) is 0. The van der Waals surface area contributed by atoms with Crippen LogP contribution in [0.1, 0.15) is 0 Å². The molecule has 0 fully saturated rings. The van der Waals surface area contributed by atoms with E-state index >= 15 is 0 Å². The van der Waals surface area contributed by atoms with Gasteiger partial charge in [-0.3, -0.25) is 10.1 Å². The number of rotatable bonds is 4. The molecule has 0 atom stereocenters. The lowest BCUT2D eigenvalue weighted by atomic mass is 10.0. The van der Waals surface area contributed by atoms with Gasteiger partial charge < -0.3 is 4.74 Å². The Balaban J connectivity index is 1.95. The third-order valence-corrected chi connectivity index (χ3v) is 4.36. The molecule has 0 N–H and O–H groups in total. The maximum Gasteiger partial charge on any atom is 0.269 e. The van der Waals surface area contributed by atoms with Crippen LogP contribution in [0.25, 0.3) is 28.2 Å². The highest BCUT2D eigenvalue weighted by Gasteiger charge is 2.18. The molecule has 4 rings (SSSR count). The van der Waals surface area contributed by atoms with Gasteiger partial charge in [-0.1, -0.05) is 11.6 Å². The summed E-state index contributed by atoms with van der Waals surface area (Å²) in [6.07, 6.45) is 0. The Kier molecular flexibility index (Phi) is 4.21. The molecule has 2 heterocycles. The molecular formula is C19H13ClN4O3. The van der Waals surface area contributed by atoms with E-state index in [4.69, 9.17) is 16.3 Å². The minimum Gasteiger partial charge on any atom is -0.497 e. The van der Waals surface area contributed by atoms with Crippen molar-refractivity contribution in [2.24, 2.45) is 0 Å². The minimum absolute atomic E-state index is 0.0181. The highest BCUT2D eigenvalue weighted by molar-refractivity contribution is 6.29. The first-order valence-corrected chi connectivity index (χ1v) is 8.39. The zero-order valence-corrected chi connectivity index (χ0v) is 14.9. The zero-order valence-electron chi connectivity index (χ0n) is 14.2. The largest absolute Gasteiger partial charge is 0.497 e. The molecule has 0 spiro atoms. The second-order valence-electron chi connectivity index (χ2n) is 5.77. The number of aromatic nitrogens is 3. The molecule has 134 valence electrons. The summed E-state index contributed by atoms with van der Waals surface area (Å²) in [5, 5.41) is 15.6. The lowest BCUT2D eigenvalue weighted by Crippen LogP contribution is -1.95. The second-order valence-corrected chi connectivity index (χ2v) is 6.15. The zero-order chi connectivity index (χ0) is 19.0. The lowest BCUT2D eigenvalue weighted by molar-refractivity contribution is -0.384. The van der Waals surface area contributed by atoms with Crippen LogP contribution in [0.2, 0.25) is 5.15 Å². The second kappa shape index (κ2) is 6.69. The third kappa shape index (κ3) is 3.09. The molecule has 0 aliphatic heterocycles. The van der Waals surface area contributed by atoms with Crippen molar-refractivity contribution >= 4 is 22.9 Å². The highest BCUT2D eigenvalue weighted by Crippen LogP contribution is 2.34. The van der Waals surface area contributed by atoms with Gasteiger partial charge in [-0.05, 0) is 48.5 Å². The average Bonchev–Trinajstić information content (AvgIpc) is 3.06. The summed E-state index contributed by atoms with van der Waals surface area (Å²) < 4.78 is 6.85. The van der Waals surface area contributed by atoms with Gasteiger partial charge in [0.1, 0.15) is 16.6 Å². The number of nitro benzene ring substituents is 1. The van der Waals surface area contributed by atoms with Crippen LogP contribution in [0.5, 0.6) is 5.75 Å². The van der Waals surface area contributed by atoms with Crippen LogP contribution in [0.4, 0.5) is 5.69 Å². The number of benzene rings is 2. The van der Waals surface area contributed by atoms with Crippen LogP contribution < -0.4 is 4.74 Å². The Morgan fingerprint density at radius 2 is 1.67 bits per heavy atom. The number of halogens is 1. The van der Waals surface area contributed by atoms with Crippen molar-refractivity contribution in [2.75, 3.05) is 7.11 Å². The van der Waals surface area contributed by atoms with Gasteiger partial charge in [-0.25, -0.2) is 9.50 Å². The van der Waals surface area contributed by atoms with E-state index in [0.29, 0.717) is 22.2 Å². The maximum absolute atomic E-state index is 11.0. The topological polar surface area (TPSA) is 82.6 Å². The third-order valence-electron chi connectivity index (χ3n) is 4.16. The Morgan fingerprint density at radius 1 is 1.00 bits per heavy atom. The molecule has 2 aromatic carbocycles. The van der Waals surface area contributed by atoms with Crippen LogP contribution in [0.15, 0.2) is 60.7 Å². The number of fused-ring (bicyclic) bond motifs is 1. The SMILES string of the molecule is COc1ccc(-c2nc3ccc(Cl)nn3c2-c2ccc([N+](=O)[O-])cc2)cc1. The van der Waals surface area contributed by atoms with E-state index in [-0.39, 0.29) is 5.69 Å². The van der Waals surface area contributed by atoms with Gasteiger partial charge in [0, 0.05) is 23.3 Å². The molecule has 8 heteroatoms. The standard InChI is InChI=1S/C19H13ClN4O3/c1-27-15-8-4-12(5-9-15)18-19(13-2-6-14(7-3-13)24(25)26)23-17(21-18)11-10-16(20)22-23/h2-11H,1H3. The normalized spacial score (nSPS) is 10.9. The number of nitrogens with zero attached hydrogens (tertiary/aromatic N) is 4. The number of imidazole rings is 1. The molecule has 27 heavy (non-hydrogen) atoms. The molecule has 0 aliphatic carbocycles. The molecule has 0 unspecified atom stereocenters. The summed E-state index contributed by atoms with van der Waals surface area (Å²) in [4.78, 5) is 15.2. The van der Waals surface area contributed by atoms with Crippen molar-refractivity contribution < 1.29 is 9.66 Å². The van der Waals surface area contributed by atoms with Gasteiger partial charge in [0.15, 0.2) is 5.65 Å². The number of hydrogen-bond donors (Lipinski definition) is 0. The number of nitro groups is 1. The molecule has 0 amide bonds. The maximum atomic E-state index is 11.0. The molecular weight excluding hydrogens is 368 g/mol. The van der Waals surface area contributed by atoms with E-state index in [2.05, 4.69) is 10.1 Å². The predicted molar refractivity (Wildman–Crippen MR) is 102 cm³/mol. The smallest absolute Gasteiger partial charge is 0.269 e. The van der Waals surface area contributed by atoms with Crippen molar-refractivity contribution in [3.05, 3.63) is 75.9 Å². The van der Waals surface area contributed by atoms with Crippen molar-refractivity contribution in [1.29, 1.82) is 0 Å². The summed E-state index contributed by atoms with van der Waals surface area (Å²) in [5.74, 6) is 0.737. The van der Waals surface area contributed by atoms with E-state index in [0.717, 1.165) is 16.9 Å². The van der Waals surface area contributed by atoms with E-state index in [9.17, 15) is 10.1 Å². The van der Waals surface area contributed by atoms with Crippen molar-refractivity contribution in [3.8, 4) is 28.3 Å². The van der Waals surface area contributed by atoms with Crippen LogP contribution in [0, 0.1) is 10.1 Å². The van der Waals surface area contributed by atoms with E-state index < -0.39 is 4.92 Å². The summed E-state index contributed by atoms with van der Waals surface area (Å²) in [5.41, 5.74) is 3.65. The average molecular weight is 381 g/mol. The molecule has 7 nitrogen and oxygen atoms in total. The summed E-state index contributed by atoms with van der Waals surface area (Å²) in [7, 11) is 1.61. The van der Waals surface area contributed by atoms with Crippen molar-refractivity contribution in [3.63, 3.8) is 0 Å². The van der Waals surface area contributed by atoms with Crippen LogP contribution in [-0.4, -0.2) is 26.6 Å². The van der Waals surface area contributed by atoms with Crippen LogP contribution in [-0.2, 0) is 0 Å². The number of ether oxygens (including phenoxy) is 1. The van der Waals surface area contributed by atoms with Crippen LogP contribution in [0.3, 0.4) is 0 Å². The van der Waals surface area contributed by atoms with Gasteiger partial charge >= 0.3 is 0 Å². The molecule has 0 saturated heterocycles. The Labute approximate surface area is 159 Å².